The molecule has 1 atom stereocenters. The van der Waals surface area contributed by atoms with Gasteiger partial charge in [0.15, 0.2) is 5.82 Å². The Morgan fingerprint density at radius 2 is 2.35 bits per heavy atom. The fourth-order valence-corrected chi connectivity index (χ4v) is 1.68. The average molecular weight is 246 g/mol. The minimum absolute atomic E-state index is 0.0305. The molecule has 2 rings (SSSR count). The number of rotatable bonds is 4. The van der Waals surface area contributed by atoms with E-state index in [9.17, 15) is 13.6 Å². The predicted octanol–water partition coefficient (Wildman–Crippen LogP) is 1.34. The Balaban J connectivity index is 1.97. The summed E-state index contributed by atoms with van der Waals surface area (Å²) in [5, 5.41) is 3.69. The Morgan fingerprint density at radius 3 is 3.00 bits per heavy atom. The number of halogens is 2. The molecule has 1 aliphatic rings. The maximum atomic E-state index is 12.0. The highest BCUT2D eigenvalue weighted by atomic mass is 19.3. The SMILES string of the molecule is O=C(Cc1nc(C2CCCOC2)no1)C(F)F. The summed E-state index contributed by atoms with van der Waals surface area (Å²) in [6.07, 6.45) is -1.73. The lowest BCUT2D eigenvalue weighted by atomic mass is 10.0. The maximum Gasteiger partial charge on any atom is 0.296 e. The number of ether oxygens (including phenoxy) is 1. The summed E-state index contributed by atoms with van der Waals surface area (Å²) < 4.78 is 34.1. The van der Waals surface area contributed by atoms with Gasteiger partial charge < -0.3 is 9.26 Å². The van der Waals surface area contributed by atoms with Crippen molar-refractivity contribution >= 4 is 5.78 Å². The molecule has 1 saturated heterocycles. The van der Waals surface area contributed by atoms with Crippen LogP contribution in [0, 0.1) is 0 Å². The van der Waals surface area contributed by atoms with Crippen LogP contribution in [-0.4, -0.2) is 35.6 Å². The number of carbonyl (C=O) groups is 1. The zero-order valence-corrected chi connectivity index (χ0v) is 9.07. The summed E-state index contributed by atoms with van der Waals surface area (Å²) in [5.41, 5.74) is 0. The zero-order chi connectivity index (χ0) is 12.3. The fourth-order valence-electron chi connectivity index (χ4n) is 1.68. The molecule has 0 aromatic carbocycles. The van der Waals surface area contributed by atoms with E-state index in [0.29, 0.717) is 19.0 Å². The van der Waals surface area contributed by atoms with Crippen LogP contribution < -0.4 is 0 Å². The standard InChI is InChI=1S/C10H12F2N2O3/c11-9(12)7(15)4-8-13-10(14-17-8)6-2-1-3-16-5-6/h6,9H,1-5H2. The molecule has 0 bridgehead atoms. The van der Waals surface area contributed by atoms with Crippen molar-refractivity contribution in [3.05, 3.63) is 11.7 Å². The zero-order valence-electron chi connectivity index (χ0n) is 9.07. The summed E-state index contributed by atoms with van der Waals surface area (Å²) in [5.74, 6) is -0.805. The molecule has 0 spiro atoms. The van der Waals surface area contributed by atoms with Gasteiger partial charge in [0.05, 0.1) is 13.0 Å². The summed E-state index contributed by atoms with van der Waals surface area (Å²) in [7, 11) is 0. The summed E-state index contributed by atoms with van der Waals surface area (Å²) in [6, 6.07) is 0. The number of hydrogen-bond acceptors (Lipinski definition) is 5. The number of carbonyl (C=O) groups excluding carboxylic acids is 1. The van der Waals surface area contributed by atoms with E-state index in [1.807, 2.05) is 0 Å². The van der Waals surface area contributed by atoms with Crippen LogP contribution in [-0.2, 0) is 16.0 Å². The second kappa shape index (κ2) is 5.31. The Morgan fingerprint density at radius 1 is 1.53 bits per heavy atom. The first-order valence-corrected chi connectivity index (χ1v) is 5.38. The number of nitrogens with zero attached hydrogens (tertiary/aromatic N) is 2. The molecule has 0 aliphatic carbocycles. The number of hydrogen-bond donors (Lipinski definition) is 0. The monoisotopic (exact) mass is 246 g/mol. The van der Waals surface area contributed by atoms with Gasteiger partial charge in [-0.05, 0) is 12.8 Å². The Bertz CT molecular complexity index is 389. The maximum absolute atomic E-state index is 12.0. The van der Waals surface area contributed by atoms with Gasteiger partial charge in [-0.15, -0.1) is 0 Å². The van der Waals surface area contributed by atoms with Crippen LogP contribution in [0.4, 0.5) is 8.78 Å². The molecule has 5 nitrogen and oxygen atoms in total. The van der Waals surface area contributed by atoms with Crippen LogP contribution in [0.2, 0.25) is 0 Å². The molecule has 94 valence electrons. The van der Waals surface area contributed by atoms with E-state index < -0.39 is 18.6 Å². The molecule has 17 heavy (non-hydrogen) atoms. The van der Waals surface area contributed by atoms with Crippen LogP contribution in [0.1, 0.15) is 30.5 Å². The Kier molecular flexibility index (Phi) is 3.78. The molecule has 7 heteroatoms. The number of Topliss-reactive ketones (excluding diaryl/α,β-unsaturated/α-hetero) is 1. The Labute approximate surface area is 96.1 Å². The highest BCUT2D eigenvalue weighted by Gasteiger charge is 2.24. The highest BCUT2D eigenvalue weighted by molar-refractivity contribution is 5.82. The van der Waals surface area contributed by atoms with E-state index in [-0.39, 0.29) is 11.8 Å². The molecular formula is C10H12F2N2O3. The third-order valence-electron chi connectivity index (χ3n) is 2.58. The van der Waals surface area contributed by atoms with Crippen molar-refractivity contribution < 1.29 is 22.8 Å². The van der Waals surface area contributed by atoms with Gasteiger partial charge in [-0.2, -0.15) is 4.98 Å². The van der Waals surface area contributed by atoms with Crippen molar-refractivity contribution in [3.63, 3.8) is 0 Å². The predicted molar refractivity (Wildman–Crippen MR) is 51.8 cm³/mol. The molecule has 1 fully saturated rings. The Hall–Kier alpha value is -1.37. The van der Waals surface area contributed by atoms with E-state index >= 15 is 0 Å². The van der Waals surface area contributed by atoms with E-state index in [0.717, 1.165) is 12.8 Å². The first-order valence-electron chi connectivity index (χ1n) is 5.38. The molecule has 1 aromatic heterocycles. The lowest BCUT2D eigenvalue weighted by molar-refractivity contribution is -0.129. The molecule has 0 saturated carbocycles. The molecule has 1 aliphatic heterocycles. The van der Waals surface area contributed by atoms with Gasteiger partial charge in [0, 0.05) is 12.5 Å². The minimum atomic E-state index is -3.00. The van der Waals surface area contributed by atoms with E-state index in [1.54, 1.807) is 0 Å². The summed E-state index contributed by atoms with van der Waals surface area (Å²) in [4.78, 5) is 14.7. The second-order valence-corrected chi connectivity index (χ2v) is 3.90. The molecule has 0 amide bonds. The van der Waals surface area contributed by atoms with Crippen LogP contribution in [0.25, 0.3) is 0 Å². The van der Waals surface area contributed by atoms with Crippen molar-refractivity contribution in [2.75, 3.05) is 13.2 Å². The van der Waals surface area contributed by atoms with Gasteiger partial charge in [-0.25, -0.2) is 8.78 Å². The molecule has 0 radical (unpaired) electrons. The van der Waals surface area contributed by atoms with Crippen LogP contribution in [0.15, 0.2) is 4.52 Å². The van der Waals surface area contributed by atoms with Crippen LogP contribution >= 0.6 is 0 Å². The molecule has 1 unspecified atom stereocenters. The summed E-state index contributed by atoms with van der Waals surface area (Å²) in [6.45, 7) is 1.22. The third kappa shape index (κ3) is 3.06. The lowest BCUT2D eigenvalue weighted by Gasteiger charge is -2.18. The highest BCUT2D eigenvalue weighted by Crippen LogP contribution is 2.22. The average Bonchev–Trinajstić information content (AvgIpc) is 2.78. The topological polar surface area (TPSA) is 65.2 Å². The molecular weight excluding hydrogens is 234 g/mol. The van der Waals surface area contributed by atoms with Crippen molar-refractivity contribution in [1.82, 2.24) is 10.1 Å². The molecule has 0 N–H and O–H groups in total. The normalized spacial score (nSPS) is 20.8. The largest absolute Gasteiger partial charge is 0.381 e. The van der Waals surface area contributed by atoms with Gasteiger partial charge in [-0.1, -0.05) is 5.16 Å². The van der Waals surface area contributed by atoms with Crippen LogP contribution in [0.5, 0.6) is 0 Å². The van der Waals surface area contributed by atoms with Gasteiger partial charge in [0.2, 0.25) is 11.7 Å². The second-order valence-electron chi connectivity index (χ2n) is 3.90. The number of alkyl halides is 2. The lowest BCUT2D eigenvalue weighted by Crippen LogP contribution is -2.17. The third-order valence-corrected chi connectivity index (χ3v) is 2.58. The quantitative estimate of drug-likeness (QED) is 0.802. The van der Waals surface area contributed by atoms with Crippen molar-refractivity contribution in [2.24, 2.45) is 0 Å². The van der Waals surface area contributed by atoms with E-state index in [2.05, 4.69) is 10.1 Å². The molecule has 1 aromatic rings. The first kappa shape index (κ1) is 12.1. The summed E-state index contributed by atoms with van der Waals surface area (Å²) >= 11 is 0. The van der Waals surface area contributed by atoms with Crippen molar-refractivity contribution in [2.45, 2.75) is 31.6 Å². The fraction of sp³-hybridized carbons (Fsp3) is 0.700. The molecule has 2 heterocycles. The van der Waals surface area contributed by atoms with E-state index in [1.165, 1.54) is 0 Å². The van der Waals surface area contributed by atoms with Gasteiger partial charge in [-0.3, -0.25) is 4.79 Å². The van der Waals surface area contributed by atoms with Crippen molar-refractivity contribution in [1.29, 1.82) is 0 Å². The van der Waals surface area contributed by atoms with Gasteiger partial charge in [0.25, 0.3) is 6.43 Å². The minimum Gasteiger partial charge on any atom is -0.381 e. The smallest absolute Gasteiger partial charge is 0.296 e. The van der Waals surface area contributed by atoms with Gasteiger partial charge in [0.1, 0.15) is 0 Å². The van der Waals surface area contributed by atoms with Crippen LogP contribution in [0.3, 0.4) is 0 Å². The van der Waals surface area contributed by atoms with Gasteiger partial charge >= 0.3 is 0 Å². The van der Waals surface area contributed by atoms with Crippen molar-refractivity contribution in [3.8, 4) is 0 Å². The number of ketones is 1. The first-order chi connectivity index (χ1) is 8.16. The number of aromatic nitrogens is 2. The van der Waals surface area contributed by atoms with E-state index in [4.69, 9.17) is 9.26 Å².